The van der Waals surface area contributed by atoms with Crippen molar-refractivity contribution >= 4 is 28.3 Å². The third-order valence-corrected chi connectivity index (χ3v) is 5.44. The van der Waals surface area contributed by atoms with E-state index in [0.717, 1.165) is 5.56 Å². The number of carbonyl (C=O) groups excluding carboxylic acids is 1. The van der Waals surface area contributed by atoms with Crippen LogP contribution < -0.4 is 10.1 Å². The SMILES string of the molecule is C[C@H](/C=C/S(C)=O)NC(=O)c1ccc(O[C@@H](C)c2ccccc2Cl)c(-c2ncc[nH]2)c1. The van der Waals surface area contributed by atoms with Gasteiger partial charge in [-0.05, 0) is 38.1 Å². The van der Waals surface area contributed by atoms with Crippen molar-refractivity contribution < 1.29 is 13.7 Å². The molecule has 0 spiro atoms. The Bertz CT molecular complexity index is 1100. The molecular formula is C23H24ClN3O3S. The molecule has 1 amide bonds. The number of nitrogens with one attached hydrogen (secondary N) is 2. The zero-order valence-electron chi connectivity index (χ0n) is 17.5. The van der Waals surface area contributed by atoms with Crippen LogP contribution in [0.25, 0.3) is 11.4 Å². The van der Waals surface area contributed by atoms with Gasteiger partial charge in [0, 0.05) is 57.0 Å². The number of carbonyl (C=O) groups is 1. The number of aromatic amines is 1. The second-order valence-electron chi connectivity index (χ2n) is 7.02. The monoisotopic (exact) mass is 457 g/mol. The average Bonchev–Trinajstić information content (AvgIpc) is 3.27. The number of benzene rings is 2. The second-order valence-corrected chi connectivity index (χ2v) is 8.70. The van der Waals surface area contributed by atoms with Crippen molar-refractivity contribution in [2.24, 2.45) is 0 Å². The van der Waals surface area contributed by atoms with Crippen LogP contribution in [0.4, 0.5) is 0 Å². The molecule has 0 bridgehead atoms. The smallest absolute Gasteiger partial charge is 0.251 e. The van der Waals surface area contributed by atoms with Gasteiger partial charge in [-0.25, -0.2) is 4.98 Å². The van der Waals surface area contributed by atoms with Gasteiger partial charge in [0.25, 0.3) is 5.91 Å². The van der Waals surface area contributed by atoms with Crippen molar-refractivity contribution in [1.82, 2.24) is 15.3 Å². The van der Waals surface area contributed by atoms with Crippen LogP contribution in [0.5, 0.6) is 5.75 Å². The van der Waals surface area contributed by atoms with Crippen LogP contribution in [0.3, 0.4) is 0 Å². The molecule has 3 aromatic rings. The van der Waals surface area contributed by atoms with E-state index in [1.807, 2.05) is 38.1 Å². The van der Waals surface area contributed by atoms with Crippen LogP contribution in [0.15, 0.2) is 66.3 Å². The fraction of sp³-hybridized carbons (Fsp3) is 0.217. The van der Waals surface area contributed by atoms with E-state index in [1.54, 1.807) is 48.3 Å². The molecule has 6 nitrogen and oxygen atoms in total. The van der Waals surface area contributed by atoms with Gasteiger partial charge in [0.1, 0.15) is 17.7 Å². The summed E-state index contributed by atoms with van der Waals surface area (Å²) < 4.78 is 17.4. The van der Waals surface area contributed by atoms with Gasteiger partial charge in [0.05, 0.1) is 5.56 Å². The van der Waals surface area contributed by atoms with E-state index in [1.165, 1.54) is 0 Å². The van der Waals surface area contributed by atoms with E-state index in [9.17, 15) is 9.00 Å². The lowest BCUT2D eigenvalue weighted by Crippen LogP contribution is -2.31. The summed E-state index contributed by atoms with van der Waals surface area (Å²) in [5, 5.41) is 5.04. The molecule has 1 aromatic heterocycles. The average molecular weight is 458 g/mol. The van der Waals surface area contributed by atoms with E-state index >= 15 is 0 Å². The lowest BCUT2D eigenvalue weighted by molar-refractivity contribution is 0.0947. The van der Waals surface area contributed by atoms with Crippen LogP contribution in [-0.2, 0) is 10.8 Å². The summed E-state index contributed by atoms with van der Waals surface area (Å²) in [5.41, 5.74) is 1.99. The Kier molecular flexibility index (Phi) is 7.65. The number of hydrogen-bond acceptors (Lipinski definition) is 4. The van der Waals surface area contributed by atoms with Crippen molar-refractivity contribution in [3.05, 3.63) is 82.5 Å². The van der Waals surface area contributed by atoms with Crippen LogP contribution in [0.2, 0.25) is 5.02 Å². The minimum Gasteiger partial charge on any atom is -0.485 e. The maximum atomic E-state index is 12.7. The van der Waals surface area contributed by atoms with Gasteiger partial charge >= 0.3 is 0 Å². The molecule has 162 valence electrons. The predicted octanol–water partition coefficient (Wildman–Crippen LogP) is 4.88. The fourth-order valence-corrected chi connectivity index (χ4v) is 3.74. The molecule has 2 aromatic carbocycles. The highest BCUT2D eigenvalue weighted by molar-refractivity contribution is 7.87. The molecular weight excluding hydrogens is 434 g/mol. The van der Waals surface area contributed by atoms with E-state index in [4.69, 9.17) is 16.3 Å². The maximum absolute atomic E-state index is 12.7. The molecule has 3 rings (SSSR count). The van der Waals surface area contributed by atoms with Gasteiger partial charge in [-0.15, -0.1) is 0 Å². The van der Waals surface area contributed by atoms with Crippen molar-refractivity contribution in [3.63, 3.8) is 0 Å². The molecule has 0 aliphatic rings. The summed E-state index contributed by atoms with van der Waals surface area (Å²) in [6, 6.07) is 12.4. The molecule has 1 unspecified atom stereocenters. The first-order valence-electron chi connectivity index (χ1n) is 9.71. The number of halogens is 1. The summed E-state index contributed by atoms with van der Waals surface area (Å²) in [5.74, 6) is 0.913. The minimum atomic E-state index is -1.07. The molecule has 8 heteroatoms. The first-order valence-corrected chi connectivity index (χ1v) is 11.7. The van der Waals surface area contributed by atoms with Gasteiger partial charge in [-0.2, -0.15) is 0 Å². The van der Waals surface area contributed by atoms with Crippen molar-refractivity contribution in [2.75, 3.05) is 6.26 Å². The Balaban J connectivity index is 1.87. The normalized spacial score (nSPS) is 14.2. The number of hydrogen-bond donors (Lipinski definition) is 2. The van der Waals surface area contributed by atoms with Crippen molar-refractivity contribution in [1.29, 1.82) is 0 Å². The summed E-state index contributed by atoms with van der Waals surface area (Å²) in [6.45, 7) is 3.73. The van der Waals surface area contributed by atoms with E-state index in [0.29, 0.717) is 27.7 Å². The molecule has 0 radical (unpaired) electrons. The maximum Gasteiger partial charge on any atom is 0.251 e. The zero-order chi connectivity index (χ0) is 22.4. The quantitative estimate of drug-likeness (QED) is 0.504. The van der Waals surface area contributed by atoms with Crippen LogP contribution >= 0.6 is 11.6 Å². The molecule has 0 saturated carbocycles. The van der Waals surface area contributed by atoms with E-state index < -0.39 is 10.8 Å². The van der Waals surface area contributed by atoms with Crippen LogP contribution in [0.1, 0.15) is 35.9 Å². The fourth-order valence-electron chi connectivity index (χ4n) is 3.00. The van der Waals surface area contributed by atoms with Gasteiger partial charge < -0.3 is 15.0 Å². The molecule has 1 heterocycles. The number of nitrogens with zero attached hydrogens (tertiary/aromatic N) is 1. The van der Waals surface area contributed by atoms with Crippen LogP contribution in [-0.4, -0.2) is 32.4 Å². The third kappa shape index (κ3) is 6.06. The number of ether oxygens (including phenoxy) is 1. The summed E-state index contributed by atoms with van der Waals surface area (Å²) in [7, 11) is -1.07. The summed E-state index contributed by atoms with van der Waals surface area (Å²) in [4.78, 5) is 20.1. The first-order chi connectivity index (χ1) is 14.8. The molecule has 0 fully saturated rings. The molecule has 0 saturated heterocycles. The predicted molar refractivity (Wildman–Crippen MR) is 125 cm³/mol. The second kappa shape index (κ2) is 10.4. The van der Waals surface area contributed by atoms with Gasteiger partial charge in [0.15, 0.2) is 0 Å². The lowest BCUT2D eigenvalue weighted by Gasteiger charge is -2.19. The largest absolute Gasteiger partial charge is 0.485 e. The Morgan fingerprint density at radius 2 is 2.03 bits per heavy atom. The Morgan fingerprint density at radius 1 is 1.26 bits per heavy atom. The highest BCUT2D eigenvalue weighted by atomic mass is 35.5. The van der Waals surface area contributed by atoms with Gasteiger partial charge in [-0.1, -0.05) is 35.9 Å². The summed E-state index contributed by atoms with van der Waals surface area (Å²) >= 11 is 6.31. The highest BCUT2D eigenvalue weighted by Gasteiger charge is 2.18. The number of rotatable bonds is 8. The topological polar surface area (TPSA) is 84.1 Å². The highest BCUT2D eigenvalue weighted by Crippen LogP contribution is 2.34. The number of amides is 1. The van der Waals surface area contributed by atoms with Gasteiger partial charge in [-0.3, -0.25) is 9.00 Å². The Morgan fingerprint density at radius 3 is 2.71 bits per heavy atom. The standard InChI is InChI=1S/C23H24ClN3O3S/c1-15(10-13-31(3)29)27-23(28)17-8-9-21(19(14-17)22-25-11-12-26-22)30-16(2)18-6-4-5-7-20(18)24/h4-16H,1-3H3,(H,25,26)(H,27,28)/b13-10+/t15-,16+,31?/m1/s1. The molecule has 3 atom stereocenters. The molecule has 0 aliphatic heterocycles. The Labute approximate surface area is 189 Å². The van der Waals surface area contributed by atoms with E-state index in [2.05, 4.69) is 15.3 Å². The number of imidazole rings is 1. The van der Waals surface area contributed by atoms with E-state index in [-0.39, 0.29) is 18.1 Å². The van der Waals surface area contributed by atoms with Crippen molar-refractivity contribution in [2.45, 2.75) is 26.0 Å². The zero-order valence-corrected chi connectivity index (χ0v) is 19.0. The molecule has 0 aliphatic carbocycles. The molecule has 2 N–H and O–H groups in total. The lowest BCUT2D eigenvalue weighted by atomic mass is 10.1. The van der Waals surface area contributed by atoms with Gasteiger partial charge in [0.2, 0.25) is 0 Å². The minimum absolute atomic E-state index is 0.252. The third-order valence-electron chi connectivity index (χ3n) is 4.56. The number of H-pyrrole nitrogens is 1. The number of aromatic nitrogens is 2. The van der Waals surface area contributed by atoms with Crippen LogP contribution in [0, 0.1) is 0 Å². The Hall–Kier alpha value is -2.90. The van der Waals surface area contributed by atoms with Crippen molar-refractivity contribution in [3.8, 4) is 17.1 Å². The molecule has 31 heavy (non-hydrogen) atoms. The first kappa shape index (κ1) is 22.8. The summed E-state index contributed by atoms with van der Waals surface area (Å²) in [6.07, 6.45) is 6.32.